The third-order valence-corrected chi connectivity index (χ3v) is 7.33. The van der Waals surface area contributed by atoms with Gasteiger partial charge < -0.3 is 24.2 Å². The number of benzene rings is 1. The zero-order chi connectivity index (χ0) is 33.0. The summed E-state index contributed by atoms with van der Waals surface area (Å²) in [6.07, 6.45) is 5.00. The van der Waals surface area contributed by atoms with E-state index in [0.29, 0.717) is 38.5 Å². The van der Waals surface area contributed by atoms with Gasteiger partial charge in [-0.3, -0.25) is 9.59 Å². The molecule has 0 heterocycles. The molecule has 1 aromatic rings. The lowest BCUT2D eigenvalue weighted by molar-refractivity contribution is -0.757. The summed E-state index contributed by atoms with van der Waals surface area (Å²) >= 11 is 0. The van der Waals surface area contributed by atoms with Crippen LogP contribution in [0.15, 0.2) is 35.9 Å². The first-order valence-electron chi connectivity index (χ1n) is 14.6. The smallest absolute Gasteiger partial charge is 0.381 e. The van der Waals surface area contributed by atoms with Crippen LogP contribution in [0.2, 0.25) is 0 Å². The van der Waals surface area contributed by atoms with E-state index in [-0.39, 0.29) is 30.3 Å². The first-order valence-corrected chi connectivity index (χ1v) is 14.6. The van der Waals surface area contributed by atoms with Gasteiger partial charge in [-0.2, -0.15) is 8.78 Å². The highest BCUT2D eigenvalue weighted by molar-refractivity contribution is 5.81. The summed E-state index contributed by atoms with van der Waals surface area (Å²) in [5, 5.41) is 20.4. The molecule has 0 aliphatic heterocycles. The average Bonchev–Trinajstić information content (AvgIpc) is 2.95. The zero-order valence-corrected chi connectivity index (χ0v) is 25.6. The number of carbonyl (C=O) groups is 3. The normalized spacial score (nSPS) is 16.6. The number of carbonyl (C=O) groups excluding carboxylic acids is 3. The number of esters is 3. The number of ether oxygens (including phenoxy) is 3. The van der Waals surface area contributed by atoms with Crippen molar-refractivity contribution in [1.82, 2.24) is 0 Å². The molecule has 44 heavy (non-hydrogen) atoms. The van der Waals surface area contributed by atoms with Gasteiger partial charge in [0.1, 0.15) is 18.1 Å². The Kier molecular flexibility index (Phi) is 13.7. The summed E-state index contributed by atoms with van der Waals surface area (Å²) in [6.45, 7) is 9.87. The number of allylic oxidation sites excluding steroid dienone is 2. The Morgan fingerprint density at radius 3 is 2.36 bits per heavy atom. The van der Waals surface area contributed by atoms with Crippen LogP contribution in [0.1, 0.15) is 89.7 Å². The molecule has 0 amide bonds. The fourth-order valence-electron chi connectivity index (χ4n) is 5.18. The first kappa shape index (κ1) is 36.2. The predicted octanol–water partition coefficient (Wildman–Crippen LogP) is 6.31. The maximum atomic E-state index is 15.4. The lowest BCUT2D eigenvalue weighted by Crippen LogP contribution is -2.29. The van der Waals surface area contributed by atoms with Crippen molar-refractivity contribution in [3.63, 3.8) is 0 Å². The summed E-state index contributed by atoms with van der Waals surface area (Å²) in [4.78, 5) is 51.4. The van der Waals surface area contributed by atoms with Gasteiger partial charge in [0, 0.05) is 30.4 Å². The van der Waals surface area contributed by atoms with Gasteiger partial charge in [-0.05, 0) is 56.2 Å². The standard InChI is InChI=1S/C31H41F2NO10/c1-6-9-22(10-7-2)29(37)44-27-17-23(31(32,33)30(38)41-13-8-14-43-34(39)40)16-26(36)28(27)25-15-21(18-42-20(5)35)11-12-24(25)19(3)4/h15-17,22,24-25,36H,3,6-14,18H2,1-2,4-5H3/t24-,25+/m1/s1. The van der Waals surface area contributed by atoms with Gasteiger partial charge in [0.05, 0.1) is 19.1 Å². The van der Waals surface area contributed by atoms with Crippen molar-refractivity contribution in [1.29, 1.82) is 0 Å². The van der Waals surface area contributed by atoms with E-state index in [1.165, 1.54) is 6.92 Å². The molecule has 0 spiro atoms. The Labute approximate surface area is 255 Å². The number of phenols is 1. The molecular formula is C31H41F2NO10. The number of hydrogen-bond acceptors (Lipinski definition) is 10. The molecule has 0 fully saturated rings. The summed E-state index contributed by atoms with van der Waals surface area (Å²) in [7, 11) is 0. The van der Waals surface area contributed by atoms with Crippen molar-refractivity contribution in [2.45, 2.75) is 84.5 Å². The van der Waals surface area contributed by atoms with Crippen LogP contribution in [-0.4, -0.2) is 47.9 Å². The molecule has 0 radical (unpaired) electrons. The number of halogens is 2. The Bertz CT molecular complexity index is 1240. The second-order valence-electron chi connectivity index (χ2n) is 10.8. The van der Waals surface area contributed by atoms with Crippen LogP contribution >= 0.6 is 0 Å². The van der Waals surface area contributed by atoms with Gasteiger partial charge >= 0.3 is 23.8 Å². The van der Waals surface area contributed by atoms with Gasteiger partial charge in [0.15, 0.2) is 0 Å². The largest absolute Gasteiger partial charge is 0.507 e. The number of phenolic OH excluding ortho intramolecular Hbond substituents is 1. The molecule has 13 heteroatoms. The van der Waals surface area contributed by atoms with Crippen LogP contribution in [-0.2, 0) is 34.6 Å². The van der Waals surface area contributed by atoms with E-state index in [2.05, 4.69) is 16.2 Å². The van der Waals surface area contributed by atoms with Crippen molar-refractivity contribution in [2.75, 3.05) is 19.8 Å². The van der Waals surface area contributed by atoms with Crippen molar-refractivity contribution in [3.8, 4) is 11.5 Å². The Morgan fingerprint density at radius 2 is 1.80 bits per heavy atom. The number of rotatable bonds is 17. The van der Waals surface area contributed by atoms with Crippen LogP contribution in [0.3, 0.4) is 0 Å². The number of hydrogen-bond donors (Lipinski definition) is 1. The lowest BCUT2D eigenvalue weighted by atomic mass is 9.73. The minimum absolute atomic E-state index is 0.00555. The Balaban J connectivity index is 2.59. The predicted molar refractivity (Wildman–Crippen MR) is 154 cm³/mol. The summed E-state index contributed by atoms with van der Waals surface area (Å²) < 4.78 is 46.2. The highest BCUT2D eigenvalue weighted by atomic mass is 19.3. The molecule has 0 saturated heterocycles. The molecule has 244 valence electrons. The van der Waals surface area contributed by atoms with Gasteiger partial charge in [-0.15, -0.1) is 10.1 Å². The monoisotopic (exact) mass is 625 g/mol. The maximum absolute atomic E-state index is 15.4. The van der Waals surface area contributed by atoms with Crippen LogP contribution < -0.4 is 4.74 Å². The Hall–Kier alpha value is -4.03. The molecule has 11 nitrogen and oxygen atoms in total. The molecule has 1 aliphatic rings. The quantitative estimate of drug-likeness (QED) is 0.0521. The molecule has 0 aromatic heterocycles. The number of alkyl halides is 2. The highest BCUT2D eigenvalue weighted by Gasteiger charge is 2.45. The molecule has 0 unspecified atom stereocenters. The van der Waals surface area contributed by atoms with Gasteiger partial charge in [0.2, 0.25) is 0 Å². The van der Waals surface area contributed by atoms with Crippen LogP contribution in [0.5, 0.6) is 11.5 Å². The molecular weight excluding hydrogens is 584 g/mol. The van der Waals surface area contributed by atoms with E-state index in [1.807, 2.05) is 13.8 Å². The van der Waals surface area contributed by atoms with Gasteiger partial charge in [-0.1, -0.05) is 44.9 Å². The van der Waals surface area contributed by atoms with Crippen LogP contribution in [0.4, 0.5) is 8.78 Å². The molecule has 0 bridgehead atoms. The molecule has 1 aliphatic carbocycles. The van der Waals surface area contributed by atoms with Gasteiger partial charge in [-0.25, -0.2) is 4.79 Å². The third kappa shape index (κ3) is 10.0. The fourth-order valence-corrected chi connectivity index (χ4v) is 5.18. The van der Waals surface area contributed by atoms with Crippen LogP contribution in [0, 0.1) is 22.0 Å². The summed E-state index contributed by atoms with van der Waals surface area (Å²) in [5.74, 6) is -9.83. The number of nitrogens with zero attached hydrogens (tertiary/aromatic N) is 1. The topological polar surface area (TPSA) is 152 Å². The van der Waals surface area contributed by atoms with Gasteiger partial charge in [0.25, 0.3) is 5.09 Å². The van der Waals surface area contributed by atoms with Crippen molar-refractivity contribution < 1.29 is 52.4 Å². The lowest BCUT2D eigenvalue weighted by Gasteiger charge is -2.33. The zero-order valence-electron chi connectivity index (χ0n) is 25.6. The molecule has 2 atom stereocenters. The van der Waals surface area contributed by atoms with Crippen molar-refractivity contribution in [2.24, 2.45) is 11.8 Å². The molecule has 1 aromatic carbocycles. The second-order valence-corrected chi connectivity index (χ2v) is 10.8. The van der Waals surface area contributed by atoms with E-state index in [9.17, 15) is 29.6 Å². The highest BCUT2D eigenvalue weighted by Crippen LogP contribution is 2.48. The minimum Gasteiger partial charge on any atom is -0.507 e. The van der Waals surface area contributed by atoms with E-state index < -0.39 is 65.3 Å². The SMILES string of the molecule is C=C(C)[C@H]1CCC(COC(C)=O)=C[C@@H]1c1c(O)cc(C(F)(F)C(=O)OCCCO[N+](=O)[O-])cc1OC(=O)C(CCC)CCC. The van der Waals surface area contributed by atoms with Crippen molar-refractivity contribution in [3.05, 3.63) is 57.2 Å². The van der Waals surface area contributed by atoms with E-state index in [1.54, 1.807) is 13.0 Å². The van der Waals surface area contributed by atoms with E-state index >= 15 is 8.78 Å². The molecule has 2 rings (SSSR count). The average molecular weight is 626 g/mol. The van der Waals surface area contributed by atoms with E-state index in [4.69, 9.17) is 9.47 Å². The summed E-state index contributed by atoms with van der Waals surface area (Å²) in [5.41, 5.74) is 0.557. The summed E-state index contributed by atoms with van der Waals surface area (Å²) in [6, 6.07) is 1.58. The van der Waals surface area contributed by atoms with Crippen molar-refractivity contribution >= 4 is 17.9 Å². The maximum Gasteiger partial charge on any atom is 0.381 e. The fraction of sp³-hybridized carbons (Fsp3) is 0.581. The second kappa shape index (κ2) is 16.7. The number of aromatic hydroxyl groups is 1. The Morgan fingerprint density at radius 1 is 1.14 bits per heavy atom. The first-order chi connectivity index (χ1) is 20.7. The third-order valence-electron chi connectivity index (χ3n) is 7.33. The van der Waals surface area contributed by atoms with E-state index in [0.717, 1.165) is 23.3 Å². The minimum atomic E-state index is -4.27. The molecule has 1 N–H and O–H groups in total. The van der Waals surface area contributed by atoms with Crippen LogP contribution in [0.25, 0.3) is 0 Å². The molecule has 0 saturated carbocycles.